The van der Waals surface area contributed by atoms with Gasteiger partial charge in [0.25, 0.3) is 0 Å². The Morgan fingerprint density at radius 2 is 1.50 bits per heavy atom. The van der Waals surface area contributed by atoms with Gasteiger partial charge in [0.15, 0.2) is 0 Å². The second-order valence-electron chi connectivity index (χ2n) is 5.41. The van der Waals surface area contributed by atoms with Gasteiger partial charge in [-0.25, -0.2) is 4.98 Å². The Balaban J connectivity index is 1.92. The van der Waals surface area contributed by atoms with Crippen LogP contribution in [0.4, 0.5) is 0 Å². The van der Waals surface area contributed by atoms with E-state index in [1.165, 1.54) is 16.5 Å². The minimum Gasteiger partial charge on any atom is -0.302 e. The highest BCUT2D eigenvalue weighted by Crippen LogP contribution is 2.27. The fourth-order valence-electron chi connectivity index (χ4n) is 2.95. The summed E-state index contributed by atoms with van der Waals surface area (Å²) in [5.41, 5.74) is 4.51. The van der Waals surface area contributed by atoms with Crippen LogP contribution >= 0.6 is 0 Å². The number of nitrogens with zero attached hydrogens (tertiary/aromatic N) is 2. The summed E-state index contributed by atoms with van der Waals surface area (Å²) in [5, 5.41) is 2.49. The van der Waals surface area contributed by atoms with E-state index < -0.39 is 0 Å². The molecule has 0 spiro atoms. The number of hydrogen-bond acceptors (Lipinski definition) is 1. The standard InChI is InChI=1S/C20H16N2/c1-15-20(17-9-3-2-4-10-17)21-14-22(15)19-13-7-11-16-8-5-6-12-18(16)19/h2-14H,1H3. The van der Waals surface area contributed by atoms with E-state index in [0.29, 0.717) is 0 Å². The molecule has 0 saturated heterocycles. The van der Waals surface area contributed by atoms with Gasteiger partial charge in [0.1, 0.15) is 6.33 Å². The maximum atomic E-state index is 4.63. The molecule has 0 N–H and O–H groups in total. The van der Waals surface area contributed by atoms with Gasteiger partial charge in [0, 0.05) is 16.6 Å². The molecule has 22 heavy (non-hydrogen) atoms. The van der Waals surface area contributed by atoms with E-state index in [2.05, 4.69) is 71.1 Å². The molecule has 0 fully saturated rings. The zero-order valence-corrected chi connectivity index (χ0v) is 12.4. The lowest BCUT2D eigenvalue weighted by molar-refractivity contribution is 1.02. The highest BCUT2D eigenvalue weighted by molar-refractivity contribution is 5.90. The van der Waals surface area contributed by atoms with E-state index in [4.69, 9.17) is 0 Å². The Morgan fingerprint density at radius 3 is 2.36 bits per heavy atom. The summed E-state index contributed by atoms with van der Waals surface area (Å²) >= 11 is 0. The van der Waals surface area contributed by atoms with Gasteiger partial charge in [0.2, 0.25) is 0 Å². The van der Waals surface area contributed by atoms with Gasteiger partial charge in [-0.15, -0.1) is 0 Å². The Labute approximate surface area is 129 Å². The molecule has 0 radical (unpaired) electrons. The van der Waals surface area contributed by atoms with Gasteiger partial charge >= 0.3 is 0 Å². The van der Waals surface area contributed by atoms with Gasteiger partial charge in [-0.05, 0) is 18.4 Å². The molecule has 4 rings (SSSR count). The fraction of sp³-hybridized carbons (Fsp3) is 0.0500. The van der Waals surface area contributed by atoms with Gasteiger partial charge in [0.05, 0.1) is 11.4 Å². The van der Waals surface area contributed by atoms with E-state index in [1.807, 2.05) is 24.5 Å². The maximum Gasteiger partial charge on any atom is 0.100 e. The van der Waals surface area contributed by atoms with Crippen LogP contribution in [0.1, 0.15) is 5.69 Å². The monoisotopic (exact) mass is 284 g/mol. The molecular formula is C20H16N2. The molecule has 0 aliphatic carbocycles. The largest absolute Gasteiger partial charge is 0.302 e. The first kappa shape index (κ1) is 12.8. The first-order chi connectivity index (χ1) is 10.8. The fourth-order valence-corrected chi connectivity index (χ4v) is 2.95. The van der Waals surface area contributed by atoms with E-state index >= 15 is 0 Å². The van der Waals surface area contributed by atoms with E-state index in [1.54, 1.807) is 0 Å². The molecule has 106 valence electrons. The zero-order chi connectivity index (χ0) is 14.9. The van der Waals surface area contributed by atoms with Crippen molar-refractivity contribution in [1.82, 2.24) is 9.55 Å². The van der Waals surface area contributed by atoms with Crippen molar-refractivity contribution in [2.24, 2.45) is 0 Å². The number of hydrogen-bond donors (Lipinski definition) is 0. The molecule has 2 heteroatoms. The van der Waals surface area contributed by atoms with Crippen LogP contribution in [0, 0.1) is 6.92 Å². The van der Waals surface area contributed by atoms with Crippen LogP contribution in [0.3, 0.4) is 0 Å². The van der Waals surface area contributed by atoms with E-state index in [0.717, 1.165) is 17.0 Å². The number of rotatable bonds is 2. The smallest absolute Gasteiger partial charge is 0.100 e. The molecule has 0 amide bonds. The van der Waals surface area contributed by atoms with Crippen molar-refractivity contribution in [2.75, 3.05) is 0 Å². The first-order valence-corrected chi connectivity index (χ1v) is 7.42. The molecular weight excluding hydrogens is 268 g/mol. The summed E-state index contributed by atoms with van der Waals surface area (Å²) < 4.78 is 2.17. The zero-order valence-electron chi connectivity index (χ0n) is 12.4. The van der Waals surface area contributed by atoms with Crippen molar-refractivity contribution in [1.29, 1.82) is 0 Å². The molecule has 0 saturated carbocycles. The van der Waals surface area contributed by atoms with Crippen molar-refractivity contribution in [3.8, 4) is 16.9 Å². The van der Waals surface area contributed by atoms with Gasteiger partial charge in [-0.3, -0.25) is 0 Å². The van der Waals surface area contributed by atoms with Crippen molar-refractivity contribution in [3.05, 3.63) is 84.8 Å². The van der Waals surface area contributed by atoms with Gasteiger partial charge in [-0.1, -0.05) is 66.7 Å². The maximum absolute atomic E-state index is 4.63. The predicted molar refractivity (Wildman–Crippen MR) is 91.2 cm³/mol. The molecule has 0 unspecified atom stereocenters. The SMILES string of the molecule is Cc1c(-c2ccccc2)ncn1-c1cccc2ccccc12. The molecule has 3 aromatic carbocycles. The molecule has 0 atom stereocenters. The van der Waals surface area contributed by atoms with E-state index in [9.17, 15) is 0 Å². The molecule has 0 aliphatic heterocycles. The Hall–Kier alpha value is -2.87. The lowest BCUT2D eigenvalue weighted by Crippen LogP contribution is -1.96. The lowest BCUT2D eigenvalue weighted by atomic mass is 10.1. The summed E-state index contributed by atoms with van der Waals surface area (Å²) in [6.07, 6.45) is 1.92. The third-order valence-electron chi connectivity index (χ3n) is 4.08. The van der Waals surface area contributed by atoms with Crippen molar-refractivity contribution in [2.45, 2.75) is 6.92 Å². The first-order valence-electron chi connectivity index (χ1n) is 7.42. The summed E-state index contributed by atoms with van der Waals surface area (Å²) in [6, 6.07) is 25.2. The molecule has 1 heterocycles. The summed E-state index contributed by atoms with van der Waals surface area (Å²) in [7, 11) is 0. The van der Waals surface area contributed by atoms with Crippen LogP contribution in [0.5, 0.6) is 0 Å². The normalized spacial score (nSPS) is 11.0. The minimum atomic E-state index is 1.04. The Kier molecular flexibility index (Phi) is 3.01. The van der Waals surface area contributed by atoms with E-state index in [-0.39, 0.29) is 0 Å². The Morgan fingerprint density at radius 1 is 0.773 bits per heavy atom. The second kappa shape index (κ2) is 5.15. The van der Waals surface area contributed by atoms with Crippen molar-refractivity contribution < 1.29 is 0 Å². The van der Waals surface area contributed by atoms with Crippen molar-refractivity contribution >= 4 is 10.8 Å². The number of fused-ring (bicyclic) bond motifs is 1. The molecule has 0 bridgehead atoms. The molecule has 1 aromatic heterocycles. The highest BCUT2D eigenvalue weighted by atomic mass is 15.1. The highest BCUT2D eigenvalue weighted by Gasteiger charge is 2.11. The van der Waals surface area contributed by atoms with Crippen LogP contribution < -0.4 is 0 Å². The van der Waals surface area contributed by atoms with Gasteiger partial charge < -0.3 is 4.57 Å². The van der Waals surface area contributed by atoms with Crippen LogP contribution in [0.2, 0.25) is 0 Å². The van der Waals surface area contributed by atoms with Crippen molar-refractivity contribution in [3.63, 3.8) is 0 Å². The summed E-state index contributed by atoms with van der Waals surface area (Å²) in [4.78, 5) is 4.63. The summed E-state index contributed by atoms with van der Waals surface area (Å²) in [5.74, 6) is 0. The average molecular weight is 284 g/mol. The summed E-state index contributed by atoms with van der Waals surface area (Å²) in [6.45, 7) is 2.12. The minimum absolute atomic E-state index is 1.04. The quantitative estimate of drug-likeness (QED) is 0.506. The third kappa shape index (κ3) is 2.01. The third-order valence-corrected chi connectivity index (χ3v) is 4.08. The predicted octanol–water partition coefficient (Wildman–Crippen LogP) is 5.00. The second-order valence-corrected chi connectivity index (χ2v) is 5.41. The molecule has 0 aliphatic rings. The Bertz CT molecular complexity index is 931. The topological polar surface area (TPSA) is 17.8 Å². The lowest BCUT2D eigenvalue weighted by Gasteiger charge is -2.10. The van der Waals surface area contributed by atoms with Gasteiger partial charge in [-0.2, -0.15) is 0 Å². The molecule has 2 nitrogen and oxygen atoms in total. The molecule has 4 aromatic rings. The number of aromatic nitrogens is 2. The van der Waals surface area contributed by atoms with Crippen LogP contribution in [-0.2, 0) is 0 Å². The van der Waals surface area contributed by atoms with Crippen LogP contribution in [-0.4, -0.2) is 9.55 Å². The van der Waals surface area contributed by atoms with Crippen LogP contribution in [0.15, 0.2) is 79.1 Å². The number of benzene rings is 3. The number of imidazole rings is 1. The van der Waals surface area contributed by atoms with Crippen LogP contribution in [0.25, 0.3) is 27.7 Å². The average Bonchev–Trinajstić information content (AvgIpc) is 2.96.